The van der Waals surface area contributed by atoms with Crippen molar-refractivity contribution in [1.82, 2.24) is 5.32 Å². The smallest absolute Gasteiger partial charge is 0.326 e. The minimum atomic E-state index is -0.988. The average molecular weight is 291 g/mol. The molecule has 2 N–H and O–H groups in total. The summed E-state index contributed by atoms with van der Waals surface area (Å²) in [6.45, 7) is 3.58. The standard InChI is InChI=1S/C16H21NO4/c1-10-3-7-13(8-4-10)21-11(2)15(18)17-14(16(19)20)9-12-5-6-12/h3-4,7-8,11-12,14H,5-6,9H2,1-2H3,(H,17,18)(H,19,20). The van der Waals surface area contributed by atoms with E-state index < -0.39 is 24.0 Å². The van der Waals surface area contributed by atoms with Gasteiger partial charge in [-0.3, -0.25) is 4.79 Å². The highest BCUT2D eigenvalue weighted by atomic mass is 16.5. The summed E-state index contributed by atoms with van der Waals surface area (Å²) in [5, 5.41) is 11.7. The van der Waals surface area contributed by atoms with Crippen LogP contribution < -0.4 is 10.1 Å². The number of carboxylic acid groups (broad SMARTS) is 1. The SMILES string of the molecule is Cc1ccc(OC(C)C(=O)NC(CC2CC2)C(=O)O)cc1. The van der Waals surface area contributed by atoms with Crippen LogP contribution in [0, 0.1) is 12.8 Å². The van der Waals surface area contributed by atoms with Gasteiger partial charge in [0.1, 0.15) is 11.8 Å². The van der Waals surface area contributed by atoms with Gasteiger partial charge in [0.05, 0.1) is 0 Å². The van der Waals surface area contributed by atoms with E-state index in [4.69, 9.17) is 9.84 Å². The number of ether oxygens (including phenoxy) is 1. The third-order valence-corrected chi connectivity index (χ3v) is 3.58. The first-order valence-electron chi connectivity index (χ1n) is 7.22. The van der Waals surface area contributed by atoms with E-state index in [1.54, 1.807) is 19.1 Å². The lowest BCUT2D eigenvalue weighted by molar-refractivity contribution is -0.143. The maximum Gasteiger partial charge on any atom is 0.326 e. The number of benzene rings is 1. The summed E-state index contributed by atoms with van der Waals surface area (Å²) in [6.07, 6.45) is 1.87. The van der Waals surface area contributed by atoms with Gasteiger partial charge in [-0.15, -0.1) is 0 Å². The third-order valence-electron chi connectivity index (χ3n) is 3.58. The van der Waals surface area contributed by atoms with Gasteiger partial charge in [-0.05, 0) is 38.3 Å². The molecule has 0 radical (unpaired) electrons. The van der Waals surface area contributed by atoms with Gasteiger partial charge in [-0.25, -0.2) is 4.79 Å². The van der Waals surface area contributed by atoms with Crippen LogP contribution in [0.2, 0.25) is 0 Å². The number of amides is 1. The number of hydrogen-bond acceptors (Lipinski definition) is 3. The van der Waals surface area contributed by atoms with Gasteiger partial charge in [0.15, 0.2) is 6.10 Å². The number of aliphatic carboxylic acids is 1. The molecule has 0 bridgehead atoms. The Hall–Kier alpha value is -2.04. The molecule has 0 spiro atoms. The van der Waals surface area contributed by atoms with E-state index in [0.717, 1.165) is 18.4 Å². The summed E-state index contributed by atoms with van der Waals surface area (Å²) >= 11 is 0. The zero-order chi connectivity index (χ0) is 15.4. The van der Waals surface area contributed by atoms with E-state index in [9.17, 15) is 9.59 Å². The molecule has 0 aromatic heterocycles. The van der Waals surface area contributed by atoms with Gasteiger partial charge in [0.2, 0.25) is 0 Å². The van der Waals surface area contributed by atoms with Crippen LogP contribution in [0.3, 0.4) is 0 Å². The molecular formula is C16H21NO4. The fraction of sp³-hybridized carbons (Fsp3) is 0.500. The number of carbonyl (C=O) groups is 2. The summed E-state index contributed by atoms with van der Waals surface area (Å²) in [4.78, 5) is 23.2. The van der Waals surface area contributed by atoms with E-state index in [2.05, 4.69) is 5.32 Å². The molecular weight excluding hydrogens is 270 g/mol. The molecule has 1 aliphatic carbocycles. The molecule has 1 amide bonds. The first-order chi connectivity index (χ1) is 9.95. The molecule has 5 nitrogen and oxygen atoms in total. The molecule has 1 aliphatic rings. The first kappa shape index (κ1) is 15.4. The van der Waals surface area contributed by atoms with Crippen molar-refractivity contribution in [1.29, 1.82) is 0 Å². The molecule has 1 aromatic rings. The minimum absolute atomic E-state index is 0.399. The summed E-state index contributed by atoms with van der Waals surface area (Å²) in [6, 6.07) is 6.55. The molecule has 21 heavy (non-hydrogen) atoms. The lowest BCUT2D eigenvalue weighted by atomic mass is 10.1. The van der Waals surface area contributed by atoms with E-state index in [1.165, 1.54) is 0 Å². The van der Waals surface area contributed by atoms with Crippen LogP contribution in [0.25, 0.3) is 0 Å². The Morgan fingerprint density at radius 1 is 1.33 bits per heavy atom. The van der Waals surface area contributed by atoms with E-state index >= 15 is 0 Å². The van der Waals surface area contributed by atoms with Crippen LogP contribution in [-0.4, -0.2) is 29.1 Å². The van der Waals surface area contributed by atoms with Crippen molar-refractivity contribution in [2.45, 2.75) is 45.3 Å². The van der Waals surface area contributed by atoms with Gasteiger partial charge in [-0.1, -0.05) is 30.5 Å². The Kier molecular flexibility index (Phi) is 4.83. The summed E-state index contributed by atoms with van der Waals surface area (Å²) in [7, 11) is 0. The van der Waals surface area contributed by atoms with Crippen LogP contribution >= 0.6 is 0 Å². The molecule has 0 heterocycles. The molecule has 0 aliphatic heterocycles. The lowest BCUT2D eigenvalue weighted by Gasteiger charge is -2.18. The third kappa shape index (κ3) is 4.77. The maximum atomic E-state index is 12.0. The number of aryl methyl sites for hydroxylation is 1. The number of hydrogen-bond donors (Lipinski definition) is 2. The molecule has 5 heteroatoms. The topological polar surface area (TPSA) is 75.6 Å². The molecule has 1 fully saturated rings. The van der Waals surface area contributed by atoms with Gasteiger partial charge in [0, 0.05) is 0 Å². The van der Waals surface area contributed by atoms with Gasteiger partial charge in [0.25, 0.3) is 5.91 Å². The first-order valence-corrected chi connectivity index (χ1v) is 7.22. The Balaban J connectivity index is 1.88. The molecule has 114 valence electrons. The Bertz CT molecular complexity index is 508. The van der Waals surface area contributed by atoms with Gasteiger partial charge in [-0.2, -0.15) is 0 Å². The van der Waals surface area contributed by atoms with Crippen molar-refractivity contribution in [3.63, 3.8) is 0 Å². The molecule has 1 saturated carbocycles. The highest BCUT2D eigenvalue weighted by Gasteiger charge is 2.31. The van der Waals surface area contributed by atoms with Crippen LogP contribution in [0.15, 0.2) is 24.3 Å². The fourth-order valence-corrected chi connectivity index (χ4v) is 2.07. The normalized spacial score (nSPS) is 16.9. The summed E-state index contributed by atoms with van der Waals surface area (Å²) in [5.41, 5.74) is 1.11. The largest absolute Gasteiger partial charge is 0.481 e. The zero-order valence-corrected chi connectivity index (χ0v) is 12.3. The predicted molar refractivity (Wildman–Crippen MR) is 78.2 cm³/mol. The molecule has 1 aromatic carbocycles. The van der Waals surface area contributed by atoms with Crippen molar-refractivity contribution in [3.05, 3.63) is 29.8 Å². The predicted octanol–water partition coefficient (Wildman–Crippen LogP) is 2.13. The van der Waals surface area contributed by atoms with Crippen molar-refractivity contribution in [2.24, 2.45) is 5.92 Å². The molecule has 0 saturated heterocycles. The second-order valence-corrected chi connectivity index (χ2v) is 5.65. The zero-order valence-electron chi connectivity index (χ0n) is 12.3. The highest BCUT2D eigenvalue weighted by molar-refractivity contribution is 5.86. The van der Waals surface area contributed by atoms with Gasteiger partial charge < -0.3 is 15.2 Å². The van der Waals surface area contributed by atoms with Crippen molar-refractivity contribution >= 4 is 11.9 Å². The summed E-state index contributed by atoms with van der Waals surface area (Å²) < 4.78 is 5.53. The Morgan fingerprint density at radius 2 is 1.95 bits per heavy atom. The average Bonchev–Trinajstić information content (AvgIpc) is 3.24. The van der Waals surface area contributed by atoms with Crippen LogP contribution in [0.4, 0.5) is 0 Å². The molecule has 2 unspecified atom stereocenters. The minimum Gasteiger partial charge on any atom is -0.481 e. The summed E-state index contributed by atoms with van der Waals surface area (Å²) in [5.74, 6) is -0.363. The van der Waals surface area contributed by atoms with Crippen LogP contribution in [0.1, 0.15) is 31.7 Å². The monoisotopic (exact) mass is 291 g/mol. The second kappa shape index (κ2) is 6.61. The van der Waals surface area contributed by atoms with Crippen LogP contribution in [0.5, 0.6) is 5.75 Å². The second-order valence-electron chi connectivity index (χ2n) is 5.65. The molecule has 2 rings (SSSR count). The fourth-order valence-electron chi connectivity index (χ4n) is 2.07. The van der Waals surface area contributed by atoms with E-state index in [1.807, 2.05) is 19.1 Å². The van der Waals surface area contributed by atoms with Gasteiger partial charge >= 0.3 is 5.97 Å². The number of carboxylic acids is 1. The Morgan fingerprint density at radius 3 is 2.48 bits per heavy atom. The van der Waals surface area contributed by atoms with Crippen LogP contribution in [-0.2, 0) is 9.59 Å². The quantitative estimate of drug-likeness (QED) is 0.807. The maximum absolute atomic E-state index is 12.0. The molecule has 2 atom stereocenters. The van der Waals surface area contributed by atoms with Crippen molar-refractivity contribution in [2.75, 3.05) is 0 Å². The lowest BCUT2D eigenvalue weighted by Crippen LogP contribution is -2.46. The van der Waals surface area contributed by atoms with E-state index in [0.29, 0.717) is 18.1 Å². The number of rotatable bonds is 7. The van der Waals surface area contributed by atoms with Crippen molar-refractivity contribution < 1.29 is 19.4 Å². The van der Waals surface area contributed by atoms with E-state index in [-0.39, 0.29) is 0 Å². The number of carbonyl (C=O) groups excluding carboxylic acids is 1. The Labute approximate surface area is 124 Å². The number of nitrogens with one attached hydrogen (secondary N) is 1. The highest BCUT2D eigenvalue weighted by Crippen LogP contribution is 2.33. The van der Waals surface area contributed by atoms with Crippen molar-refractivity contribution in [3.8, 4) is 5.75 Å².